The summed E-state index contributed by atoms with van der Waals surface area (Å²) in [5.41, 5.74) is 4.03. The maximum atomic E-state index is 4.01. The smallest absolute Gasteiger partial charge is 0.0921 e. The lowest BCUT2D eigenvalue weighted by Gasteiger charge is -2.02. The number of aromatic amines is 1. The number of benzene rings is 1. The second-order valence-corrected chi connectivity index (χ2v) is 3.75. The summed E-state index contributed by atoms with van der Waals surface area (Å²) in [6, 6.07) is 8.80. The third-order valence-corrected chi connectivity index (χ3v) is 2.64. The van der Waals surface area contributed by atoms with Crippen molar-refractivity contribution in [1.82, 2.24) is 9.97 Å². The van der Waals surface area contributed by atoms with Gasteiger partial charge >= 0.3 is 0 Å². The van der Waals surface area contributed by atoms with Crippen LogP contribution in [-0.4, -0.2) is 9.97 Å². The molecule has 0 unspecified atom stereocenters. The van der Waals surface area contributed by atoms with Crippen molar-refractivity contribution in [3.05, 3.63) is 53.6 Å². The molecule has 78 valence electrons. The zero-order valence-electron chi connectivity index (χ0n) is 9.03. The Bertz CT molecular complexity index is 404. The van der Waals surface area contributed by atoms with Crippen molar-refractivity contribution < 1.29 is 0 Å². The Balaban J connectivity index is 1.98. The molecule has 2 nitrogen and oxygen atoms in total. The van der Waals surface area contributed by atoms with Gasteiger partial charge in [-0.05, 0) is 30.4 Å². The number of hydrogen-bond donors (Lipinski definition) is 1. The topological polar surface area (TPSA) is 28.7 Å². The van der Waals surface area contributed by atoms with E-state index in [1.54, 1.807) is 6.33 Å². The fourth-order valence-electron chi connectivity index (χ4n) is 1.71. The first-order chi connectivity index (χ1) is 7.38. The maximum absolute atomic E-state index is 4.01. The molecule has 2 rings (SSSR count). The van der Waals surface area contributed by atoms with Gasteiger partial charge in [0.25, 0.3) is 0 Å². The second kappa shape index (κ2) is 4.78. The van der Waals surface area contributed by atoms with E-state index in [1.165, 1.54) is 16.8 Å². The Morgan fingerprint density at radius 2 is 2.07 bits per heavy atom. The molecule has 1 N–H and O–H groups in total. The quantitative estimate of drug-likeness (QED) is 0.807. The Labute approximate surface area is 90.4 Å². The highest BCUT2D eigenvalue weighted by Gasteiger charge is 1.97. The Morgan fingerprint density at radius 1 is 1.20 bits per heavy atom. The van der Waals surface area contributed by atoms with Crippen LogP contribution in [0.4, 0.5) is 0 Å². The number of rotatable bonds is 4. The van der Waals surface area contributed by atoms with E-state index in [0.717, 1.165) is 19.3 Å². The SMILES string of the molecule is CCc1cccc(CCc2cnc[nH]2)c1. The van der Waals surface area contributed by atoms with Gasteiger partial charge < -0.3 is 4.98 Å². The number of nitrogens with zero attached hydrogens (tertiary/aromatic N) is 1. The van der Waals surface area contributed by atoms with Gasteiger partial charge in [-0.1, -0.05) is 31.2 Å². The van der Waals surface area contributed by atoms with Gasteiger partial charge in [0.1, 0.15) is 0 Å². The highest BCUT2D eigenvalue weighted by Crippen LogP contribution is 2.08. The van der Waals surface area contributed by atoms with E-state index < -0.39 is 0 Å². The standard InChI is InChI=1S/C13H16N2/c1-2-11-4-3-5-12(8-11)6-7-13-9-14-10-15-13/h3-5,8-10H,2,6-7H2,1H3,(H,14,15). The van der Waals surface area contributed by atoms with Gasteiger partial charge in [0.15, 0.2) is 0 Å². The van der Waals surface area contributed by atoms with Crippen LogP contribution in [-0.2, 0) is 19.3 Å². The fraction of sp³-hybridized carbons (Fsp3) is 0.308. The minimum absolute atomic E-state index is 1.03. The van der Waals surface area contributed by atoms with Crippen molar-refractivity contribution >= 4 is 0 Å². The summed E-state index contributed by atoms with van der Waals surface area (Å²) >= 11 is 0. The zero-order chi connectivity index (χ0) is 10.5. The van der Waals surface area contributed by atoms with Gasteiger partial charge in [-0.3, -0.25) is 0 Å². The normalized spacial score (nSPS) is 10.5. The van der Waals surface area contributed by atoms with E-state index in [1.807, 2.05) is 6.20 Å². The van der Waals surface area contributed by atoms with Gasteiger partial charge in [-0.25, -0.2) is 4.98 Å². The molecule has 1 aromatic heterocycles. The van der Waals surface area contributed by atoms with Crippen LogP contribution in [0.25, 0.3) is 0 Å². The summed E-state index contributed by atoms with van der Waals surface area (Å²) in [7, 11) is 0. The molecule has 0 amide bonds. The van der Waals surface area contributed by atoms with Crippen LogP contribution < -0.4 is 0 Å². The lowest BCUT2D eigenvalue weighted by molar-refractivity contribution is 0.921. The minimum atomic E-state index is 1.03. The summed E-state index contributed by atoms with van der Waals surface area (Å²) in [5.74, 6) is 0. The third kappa shape index (κ3) is 2.69. The molecule has 0 fully saturated rings. The molecule has 15 heavy (non-hydrogen) atoms. The molecule has 0 saturated carbocycles. The number of H-pyrrole nitrogens is 1. The van der Waals surface area contributed by atoms with Crippen molar-refractivity contribution in [2.24, 2.45) is 0 Å². The van der Waals surface area contributed by atoms with Crippen molar-refractivity contribution in [2.45, 2.75) is 26.2 Å². The molecular formula is C13H16N2. The first-order valence-electron chi connectivity index (χ1n) is 5.43. The van der Waals surface area contributed by atoms with Crippen LogP contribution in [0.3, 0.4) is 0 Å². The molecule has 0 atom stereocenters. The van der Waals surface area contributed by atoms with Crippen molar-refractivity contribution in [2.75, 3.05) is 0 Å². The molecule has 1 aromatic carbocycles. The molecule has 2 heteroatoms. The second-order valence-electron chi connectivity index (χ2n) is 3.75. The van der Waals surface area contributed by atoms with Crippen molar-refractivity contribution in [3.63, 3.8) is 0 Å². The summed E-state index contributed by atoms with van der Waals surface area (Å²) < 4.78 is 0. The van der Waals surface area contributed by atoms with E-state index in [-0.39, 0.29) is 0 Å². The molecular weight excluding hydrogens is 184 g/mol. The van der Waals surface area contributed by atoms with E-state index in [4.69, 9.17) is 0 Å². The van der Waals surface area contributed by atoms with Gasteiger partial charge in [-0.15, -0.1) is 0 Å². The van der Waals surface area contributed by atoms with Crippen LogP contribution >= 0.6 is 0 Å². The molecule has 0 spiro atoms. The first-order valence-corrected chi connectivity index (χ1v) is 5.43. The molecule has 0 radical (unpaired) electrons. The van der Waals surface area contributed by atoms with Crippen LogP contribution in [0.15, 0.2) is 36.8 Å². The van der Waals surface area contributed by atoms with Gasteiger partial charge in [0.05, 0.1) is 6.33 Å². The lowest BCUT2D eigenvalue weighted by atomic mass is 10.0. The molecule has 0 saturated heterocycles. The summed E-state index contributed by atoms with van der Waals surface area (Å²) in [4.78, 5) is 7.14. The zero-order valence-corrected chi connectivity index (χ0v) is 9.03. The van der Waals surface area contributed by atoms with Gasteiger partial charge in [0, 0.05) is 11.9 Å². The molecule has 0 bridgehead atoms. The van der Waals surface area contributed by atoms with Crippen LogP contribution in [0.1, 0.15) is 23.7 Å². The molecule has 0 aliphatic heterocycles. The molecule has 0 aliphatic rings. The number of aromatic nitrogens is 2. The largest absolute Gasteiger partial charge is 0.348 e. The van der Waals surface area contributed by atoms with Gasteiger partial charge in [-0.2, -0.15) is 0 Å². The predicted molar refractivity (Wildman–Crippen MR) is 61.8 cm³/mol. The predicted octanol–water partition coefficient (Wildman–Crippen LogP) is 2.76. The molecule has 0 aliphatic carbocycles. The number of hydrogen-bond acceptors (Lipinski definition) is 1. The molecule has 2 aromatic rings. The monoisotopic (exact) mass is 200 g/mol. The number of aryl methyl sites for hydroxylation is 3. The maximum Gasteiger partial charge on any atom is 0.0921 e. The number of nitrogens with one attached hydrogen (secondary N) is 1. The van der Waals surface area contributed by atoms with E-state index in [2.05, 4.69) is 41.2 Å². The van der Waals surface area contributed by atoms with Crippen molar-refractivity contribution in [3.8, 4) is 0 Å². The summed E-state index contributed by atoms with van der Waals surface area (Å²) in [5, 5.41) is 0. The van der Waals surface area contributed by atoms with E-state index in [0.29, 0.717) is 0 Å². The third-order valence-electron chi connectivity index (χ3n) is 2.64. The Kier molecular flexibility index (Phi) is 3.18. The fourth-order valence-corrected chi connectivity index (χ4v) is 1.71. The van der Waals surface area contributed by atoms with E-state index in [9.17, 15) is 0 Å². The average molecular weight is 200 g/mol. The first kappa shape index (κ1) is 9.97. The summed E-state index contributed by atoms with van der Waals surface area (Å²) in [6.07, 6.45) is 6.85. The van der Waals surface area contributed by atoms with Crippen LogP contribution in [0.2, 0.25) is 0 Å². The van der Waals surface area contributed by atoms with Crippen molar-refractivity contribution in [1.29, 1.82) is 0 Å². The highest BCUT2D eigenvalue weighted by molar-refractivity contribution is 5.24. The number of imidazole rings is 1. The van der Waals surface area contributed by atoms with Gasteiger partial charge in [0.2, 0.25) is 0 Å². The highest BCUT2D eigenvalue weighted by atomic mass is 14.9. The summed E-state index contributed by atoms with van der Waals surface area (Å²) in [6.45, 7) is 2.19. The minimum Gasteiger partial charge on any atom is -0.348 e. The Hall–Kier alpha value is -1.57. The van der Waals surface area contributed by atoms with E-state index >= 15 is 0 Å². The lowest BCUT2D eigenvalue weighted by Crippen LogP contribution is -1.92. The van der Waals surface area contributed by atoms with Crippen LogP contribution in [0, 0.1) is 0 Å². The average Bonchev–Trinajstić information content (AvgIpc) is 2.79. The Morgan fingerprint density at radius 3 is 2.80 bits per heavy atom. The van der Waals surface area contributed by atoms with Crippen LogP contribution in [0.5, 0.6) is 0 Å². The molecule has 1 heterocycles.